The van der Waals surface area contributed by atoms with E-state index in [0.29, 0.717) is 0 Å². The normalized spacial score (nSPS) is 15.1. The van der Waals surface area contributed by atoms with Crippen molar-refractivity contribution in [2.24, 2.45) is 0 Å². The molecule has 0 bridgehead atoms. The zero-order valence-electron chi connectivity index (χ0n) is 11.9. The Morgan fingerprint density at radius 2 is 1.17 bits per heavy atom. The molecule has 0 radical (unpaired) electrons. The van der Waals surface area contributed by atoms with Crippen molar-refractivity contribution in [3.63, 3.8) is 0 Å². The van der Waals surface area contributed by atoms with Crippen molar-refractivity contribution in [2.45, 2.75) is 44.2 Å². The standard InChI is InChI=1S/C10H14F9O3P/c1-3-21-23(20,22-4-2)6-5-7(11,12)8(13,14)9(15,16)10(17,18)19/h3-6H2,1-2H3. The van der Waals surface area contributed by atoms with Crippen molar-refractivity contribution in [3.05, 3.63) is 0 Å². The Hall–Kier alpha value is -0.480. The summed E-state index contributed by atoms with van der Waals surface area (Å²) in [5.74, 6) is -19.5. The van der Waals surface area contributed by atoms with E-state index in [-0.39, 0.29) is 13.2 Å². The van der Waals surface area contributed by atoms with Crippen molar-refractivity contribution in [2.75, 3.05) is 19.4 Å². The van der Waals surface area contributed by atoms with Crippen LogP contribution in [-0.4, -0.2) is 43.3 Å². The van der Waals surface area contributed by atoms with E-state index in [2.05, 4.69) is 9.05 Å². The molecule has 3 nitrogen and oxygen atoms in total. The lowest BCUT2D eigenvalue weighted by Crippen LogP contribution is -2.61. The van der Waals surface area contributed by atoms with E-state index < -0.39 is 44.1 Å². The van der Waals surface area contributed by atoms with Gasteiger partial charge < -0.3 is 9.05 Å². The monoisotopic (exact) mass is 384 g/mol. The third kappa shape index (κ3) is 4.76. The third-order valence-corrected chi connectivity index (χ3v) is 4.64. The van der Waals surface area contributed by atoms with Gasteiger partial charge in [0, 0.05) is 6.42 Å². The highest BCUT2D eigenvalue weighted by atomic mass is 31.2. The molecular weight excluding hydrogens is 370 g/mol. The van der Waals surface area contributed by atoms with Crippen LogP contribution in [0.3, 0.4) is 0 Å². The second kappa shape index (κ2) is 7.18. The molecule has 0 aliphatic heterocycles. The highest BCUT2D eigenvalue weighted by Gasteiger charge is 2.81. The molecule has 0 atom stereocenters. The third-order valence-electron chi connectivity index (χ3n) is 2.56. The molecule has 0 heterocycles. The number of hydrogen-bond acceptors (Lipinski definition) is 3. The molecule has 13 heteroatoms. The molecule has 0 aliphatic carbocycles. The molecule has 0 aromatic heterocycles. The summed E-state index contributed by atoms with van der Waals surface area (Å²) in [6.07, 6.45) is -10.6. The molecule has 0 saturated heterocycles. The average molecular weight is 384 g/mol. The van der Waals surface area contributed by atoms with Crippen molar-refractivity contribution >= 4 is 7.60 Å². The minimum atomic E-state index is -6.97. The maximum absolute atomic E-state index is 13.3. The van der Waals surface area contributed by atoms with E-state index in [9.17, 15) is 44.1 Å². The van der Waals surface area contributed by atoms with E-state index >= 15 is 0 Å². The van der Waals surface area contributed by atoms with Gasteiger partial charge in [-0.15, -0.1) is 0 Å². The highest BCUT2D eigenvalue weighted by Crippen LogP contribution is 2.56. The molecule has 0 aromatic rings. The first-order valence-corrected chi connectivity index (χ1v) is 7.89. The van der Waals surface area contributed by atoms with Gasteiger partial charge >= 0.3 is 31.5 Å². The van der Waals surface area contributed by atoms with Crippen molar-refractivity contribution in [1.29, 1.82) is 0 Å². The van der Waals surface area contributed by atoms with Gasteiger partial charge in [-0.1, -0.05) is 0 Å². The van der Waals surface area contributed by atoms with E-state index in [4.69, 9.17) is 0 Å². The second-order valence-electron chi connectivity index (χ2n) is 4.27. The first-order chi connectivity index (χ1) is 10.1. The number of rotatable bonds is 9. The summed E-state index contributed by atoms with van der Waals surface area (Å²) in [5, 5.41) is 0. The maximum atomic E-state index is 13.3. The first kappa shape index (κ1) is 22.5. The molecule has 0 saturated carbocycles. The maximum Gasteiger partial charge on any atom is 0.460 e. The molecule has 0 amide bonds. The predicted molar refractivity (Wildman–Crippen MR) is 61.2 cm³/mol. The van der Waals surface area contributed by atoms with Crippen LogP contribution in [0.2, 0.25) is 0 Å². The van der Waals surface area contributed by atoms with Crippen LogP contribution in [0, 0.1) is 0 Å². The lowest BCUT2D eigenvalue weighted by molar-refractivity contribution is -0.396. The van der Waals surface area contributed by atoms with Gasteiger partial charge in [-0.2, -0.15) is 39.5 Å². The fourth-order valence-electron chi connectivity index (χ4n) is 1.40. The Bertz CT molecular complexity index is 426. The van der Waals surface area contributed by atoms with E-state index in [1.807, 2.05) is 0 Å². The zero-order valence-corrected chi connectivity index (χ0v) is 12.8. The SMILES string of the molecule is CCOP(=O)(CCC(F)(F)C(F)(F)C(F)(F)C(F)(F)F)OCC. The lowest BCUT2D eigenvalue weighted by Gasteiger charge is -2.34. The molecule has 0 rings (SSSR count). The molecular formula is C10H14F9O3P. The van der Waals surface area contributed by atoms with Gasteiger partial charge in [-0.3, -0.25) is 4.57 Å². The fraction of sp³-hybridized carbons (Fsp3) is 1.00. The van der Waals surface area contributed by atoms with Gasteiger partial charge in [0.05, 0.1) is 19.4 Å². The Morgan fingerprint density at radius 3 is 1.48 bits per heavy atom. The molecule has 0 unspecified atom stereocenters. The predicted octanol–water partition coefficient (Wildman–Crippen LogP) is 5.11. The minimum Gasteiger partial charge on any atom is -0.309 e. The molecule has 0 aromatic carbocycles. The highest BCUT2D eigenvalue weighted by molar-refractivity contribution is 7.53. The van der Waals surface area contributed by atoms with Crippen LogP contribution in [0.15, 0.2) is 0 Å². The molecule has 140 valence electrons. The zero-order chi connectivity index (χ0) is 18.7. The van der Waals surface area contributed by atoms with Crippen LogP contribution in [0.4, 0.5) is 39.5 Å². The second-order valence-corrected chi connectivity index (χ2v) is 6.46. The average Bonchev–Trinajstić information content (AvgIpc) is 2.35. The Morgan fingerprint density at radius 1 is 0.783 bits per heavy atom. The van der Waals surface area contributed by atoms with Crippen LogP contribution in [0.25, 0.3) is 0 Å². The van der Waals surface area contributed by atoms with Crippen LogP contribution >= 0.6 is 7.60 Å². The van der Waals surface area contributed by atoms with Crippen molar-refractivity contribution < 1.29 is 53.1 Å². The summed E-state index contributed by atoms with van der Waals surface area (Å²) in [4.78, 5) is 0. The number of alkyl halides is 9. The molecule has 23 heavy (non-hydrogen) atoms. The minimum absolute atomic E-state index is 0.335. The van der Waals surface area contributed by atoms with Gasteiger partial charge in [0.2, 0.25) is 0 Å². The smallest absolute Gasteiger partial charge is 0.309 e. The number of hydrogen-bond donors (Lipinski definition) is 0. The summed E-state index contributed by atoms with van der Waals surface area (Å²) in [5.41, 5.74) is 0. The van der Waals surface area contributed by atoms with Crippen LogP contribution in [-0.2, 0) is 13.6 Å². The Labute approximate surface area is 125 Å². The van der Waals surface area contributed by atoms with Crippen molar-refractivity contribution in [1.82, 2.24) is 0 Å². The summed E-state index contributed by atoms with van der Waals surface area (Å²) >= 11 is 0. The largest absolute Gasteiger partial charge is 0.460 e. The van der Waals surface area contributed by atoms with Crippen LogP contribution < -0.4 is 0 Å². The van der Waals surface area contributed by atoms with Gasteiger partial charge in [-0.25, -0.2) is 0 Å². The first-order valence-electron chi connectivity index (χ1n) is 6.16. The van der Waals surface area contributed by atoms with Crippen LogP contribution in [0.1, 0.15) is 20.3 Å². The molecule has 0 spiro atoms. The number of halogens is 9. The summed E-state index contributed by atoms with van der Waals surface area (Å²) in [6, 6.07) is 0. The van der Waals surface area contributed by atoms with Gasteiger partial charge in [-0.05, 0) is 13.8 Å². The molecule has 0 aliphatic rings. The van der Waals surface area contributed by atoms with E-state index in [1.165, 1.54) is 13.8 Å². The Balaban J connectivity index is 5.37. The fourth-order valence-corrected chi connectivity index (χ4v) is 3.08. The quantitative estimate of drug-likeness (QED) is 0.409. The Kier molecular flexibility index (Phi) is 7.03. The summed E-state index contributed by atoms with van der Waals surface area (Å²) in [6.45, 7) is 1.85. The van der Waals surface area contributed by atoms with Crippen LogP contribution in [0.5, 0.6) is 0 Å². The molecule has 0 fully saturated rings. The van der Waals surface area contributed by atoms with E-state index in [1.54, 1.807) is 0 Å². The topological polar surface area (TPSA) is 35.5 Å². The van der Waals surface area contributed by atoms with Gasteiger partial charge in [0.25, 0.3) is 0 Å². The summed E-state index contributed by atoms with van der Waals surface area (Å²) in [7, 11) is -4.32. The summed E-state index contributed by atoms with van der Waals surface area (Å²) < 4.78 is 134. The van der Waals surface area contributed by atoms with Gasteiger partial charge in [0.15, 0.2) is 0 Å². The lowest BCUT2D eigenvalue weighted by atomic mass is 10.0. The van der Waals surface area contributed by atoms with Gasteiger partial charge in [0.1, 0.15) is 0 Å². The molecule has 0 N–H and O–H groups in total. The van der Waals surface area contributed by atoms with E-state index in [0.717, 1.165) is 0 Å². The van der Waals surface area contributed by atoms with Crippen molar-refractivity contribution in [3.8, 4) is 0 Å².